The zero-order valence-electron chi connectivity index (χ0n) is 12.5. The molecule has 0 saturated heterocycles. The summed E-state index contributed by atoms with van der Waals surface area (Å²) in [6.07, 6.45) is 3.25. The highest BCUT2D eigenvalue weighted by atomic mass is 79.9. The number of benzene rings is 1. The van der Waals surface area contributed by atoms with Gasteiger partial charge >= 0.3 is 5.97 Å². The molecule has 1 saturated carbocycles. The summed E-state index contributed by atoms with van der Waals surface area (Å²) in [5.74, 6) is -0.0703. The summed E-state index contributed by atoms with van der Waals surface area (Å²) >= 11 is 3.44. The lowest BCUT2D eigenvalue weighted by Gasteiger charge is -2.36. The topological polar surface area (TPSA) is 37.3 Å². The van der Waals surface area contributed by atoms with Gasteiger partial charge in [0.2, 0.25) is 0 Å². The van der Waals surface area contributed by atoms with Crippen LogP contribution in [0.2, 0.25) is 0 Å². The van der Waals surface area contributed by atoms with Crippen LogP contribution in [0.3, 0.4) is 0 Å². The lowest BCUT2D eigenvalue weighted by atomic mass is 9.69. The molecule has 1 aliphatic carbocycles. The number of hydrogen-bond donors (Lipinski definition) is 1. The van der Waals surface area contributed by atoms with Gasteiger partial charge in [-0.15, -0.1) is 0 Å². The van der Waals surface area contributed by atoms with E-state index in [0.717, 1.165) is 29.3 Å². The summed E-state index contributed by atoms with van der Waals surface area (Å²) in [5.41, 5.74) is 0.871. The van der Waals surface area contributed by atoms with Gasteiger partial charge in [0.05, 0.1) is 5.92 Å². The maximum Gasteiger partial charge on any atom is 0.306 e. The van der Waals surface area contributed by atoms with E-state index in [0.29, 0.717) is 18.3 Å². The van der Waals surface area contributed by atoms with Crippen LogP contribution in [-0.4, -0.2) is 11.1 Å². The van der Waals surface area contributed by atoms with Crippen LogP contribution >= 0.6 is 15.9 Å². The largest absolute Gasteiger partial charge is 0.481 e. The predicted molar refractivity (Wildman–Crippen MR) is 84.6 cm³/mol. The molecule has 1 aromatic carbocycles. The Kier molecular flexibility index (Phi) is 5.42. The Balaban J connectivity index is 2.19. The standard InChI is InChI=1S/C17H22BrFO2/c1-10(2)11-3-5-15(17(20)21)12(7-11)8-13-9-14(19)4-6-16(13)18/h4,6,9-12,15H,3,5,7-8H2,1-2H3,(H,20,21). The van der Waals surface area contributed by atoms with Crippen LogP contribution in [0.15, 0.2) is 22.7 Å². The third-order valence-corrected chi connectivity index (χ3v) is 5.55. The van der Waals surface area contributed by atoms with Crippen LogP contribution in [0.5, 0.6) is 0 Å². The molecule has 3 unspecified atom stereocenters. The van der Waals surface area contributed by atoms with E-state index in [2.05, 4.69) is 29.8 Å². The van der Waals surface area contributed by atoms with Gasteiger partial charge in [-0.05, 0) is 67.2 Å². The summed E-state index contributed by atoms with van der Waals surface area (Å²) in [7, 11) is 0. The van der Waals surface area contributed by atoms with Crippen molar-refractivity contribution in [3.63, 3.8) is 0 Å². The SMILES string of the molecule is CC(C)C1CCC(C(=O)O)C(Cc2cc(F)ccc2Br)C1. The summed E-state index contributed by atoms with van der Waals surface area (Å²) in [6, 6.07) is 4.63. The smallest absolute Gasteiger partial charge is 0.306 e. The van der Waals surface area contributed by atoms with Gasteiger partial charge in [-0.2, -0.15) is 0 Å². The van der Waals surface area contributed by atoms with Gasteiger partial charge in [-0.3, -0.25) is 4.79 Å². The van der Waals surface area contributed by atoms with Crippen molar-refractivity contribution in [2.45, 2.75) is 39.5 Å². The van der Waals surface area contributed by atoms with Crippen LogP contribution in [-0.2, 0) is 11.2 Å². The zero-order valence-corrected chi connectivity index (χ0v) is 14.1. The van der Waals surface area contributed by atoms with E-state index in [-0.39, 0.29) is 17.7 Å². The van der Waals surface area contributed by atoms with Crippen LogP contribution in [0.25, 0.3) is 0 Å². The van der Waals surface area contributed by atoms with Gasteiger partial charge in [0, 0.05) is 4.47 Å². The molecule has 0 aromatic heterocycles. The number of rotatable bonds is 4. The zero-order chi connectivity index (χ0) is 15.6. The Morgan fingerprint density at radius 3 is 2.76 bits per heavy atom. The second-order valence-corrected chi connectivity index (χ2v) is 7.32. The van der Waals surface area contributed by atoms with Crippen molar-refractivity contribution in [3.8, 4) is 0 Å². The van der Waals surface area contributed by atoms with E-state index >= 15 is 0 Å². The first kappa shape index (κ1) is 16.5. The molecule has 0 heterocycles. The normalized spacial score (nSPS) is 26.0. The Morgan fingerprint density at radius 1 is 1.43 bits per heavy atom. The van der Waals surface area contributed by atoms with Gasteiger partial charge < -0.3 is 5.11 Å². The Labute approximate surface area is 133 Å². The number of halogens is 2. The molecule has 1 N–H and O–H groups in total. The number of carboxylic acid groups (broad SMARTS) is 1. The van der Waals surface area contributed by atoms with Gasteiger partial charge in [0.1, 0.15) is 5.82 Å². The quantitative estimate of drug-likeness (QED) is 0.832. The molecule has 1 aromatic rings. The molecule has 0 aliphatic heterocycles. The van der Waals surface area contributed by atoms with Crippen LogP contribution in [0.1, 0.15) is 38.7 Å². The molecular weight excluding hydrogens is 335 g/mol. The third-order valence-electron chi connectivity index (χ3n) is 4.77. The molecule has 116 valence electrons. The van der Waals surface area contributed by atoms with Gasteiger partial charge in [0.15, 0.2) is 0 Å². The fraction of sp³-hybridized carbons (Fsp3) is 0.588. The van der Waals surface area contributed by atoms with Gasteiger partial charge in [-0.25, -0.2) is 4.39 Å². The highest BCUT2D eigenvalue weighted by Gasteiger charge is 2.36. The van der Waals surface area contributed by atoms with Crippen LogP contribution < -0.4 is 0 Å². The number of aliphatic carboxylic acids is 1. The first-order chi connectivity index (χ1) is 9.88. The fourth-order valence-corrected chi connectivity index (χ4v) is 3.85. The van der Waals surface area contributed by atoms with Gasteiger partial charge in [-0.1, -0.05) is 29.8 Å². The molecule has 0 spiro atoms. The fourth-order valence-electron chi connectivity index (χ4n) is 3.44. The lowest BCUT2D eigenvalue weighted by Crippen LogP contribution is -2.33. The van der Waals surface area contributed by atoms with Crippen molar-refractivity contribution in [1.29, 1.82) is 0 Å². The molecule has 0 amide bonds. The lowest BCUT2D eigenvalue weighted by molar-refractivity contribution is -0.145. The molecule has 2 nitrogen and oxygen atoms in total. The van der Waals surface area contributed by atoms with Gasteiger partial charge in [0.25, 0.3) is 0 Å². The Morgan fingerprint density at radius 2 is 2.14 bits per heavy atom. The van der Waals surface area contributed by atoms with Crippen molar-refractivity contribution >= 4 is 21.9 Å². The highest BCUT2D eigenvalue weighted by molar-refractivity contribution is 9.10. The minimum atomic E-state index is -0.713. The third kappa shape index (κ3) is 4.06. The number of carbonyl (C=O) groups is 1. The number of hydrogen-bond acceptors (Lipinski definition) is 1. The summed E-state index contributed by atoms with van der Waals surface area (Å²) in [4.78, 5) is 11.5. The van der Waals surface area contributed by atoms with E-state index in [1.807, 2.05) is 0 Å². The van der Waals surface area contributed by atoms with E-state index in [1.165, 1.54) is 12.1 Å². The van der Waals surface area contributed by atoms with E-state index < -0.39 is 5.97 Å². The first-order valence-electron chi connectivity index (χ1n) is 7.55. The molecule has 1 fully saturated rings. The molecule has 21 heavy (non-hydrogen) atoms. The van der Waals surface area contributed by atoms with E-state index in [1.54, 1.807) is 6.07 Å². The van der Waals surface area contributed by atoms with Crippen molar-refractivity contribution in [3.05, 3.63) is 34.1 Å². The molecule has 0 radical (unpaired) electrons. The Hall–Kier alpha value is -0.900. The minimum Gasteiger partial charge on any atom is -0.481 e. The van der Waals surface area contributed by atoms with Crippen molar-refractivity contribution in [2.24, 2.45) is 23.7 Å². The van der Waals surface area contributed by atoms with E-state index in [9.17, 15) is 14.3 Å². The van der Waals surface area contributed by atoms with Crippen molar-refractivity contribution in [2.75, 3.05) is 0 Å². The molecule has 3 atom stereocenters. The summed E-state index contributed by atoms with van der Waals surface area (Å²) < 4.78 is 14.3. The molecule has 2 rings (SSSR count). The number of carboxylic acids is 1. The average molecular weight is 357 g/mol. The van der Waals surface area contributed by atoms with Crippen LogP contribution in [0, 0.1) is 29.5 Å². The van der Waals surface area contributed by atoms with Crippen molar-refractivity contribution < 1.29 is 14.3 Å². The molecule has 0 bridgehead atoms. The molecular formula is C17H22BrFO2. The van der Waals surface area contributed by atoms with Crippen molar-refractivity contribution in [1.82, 2.24) is 0 Å². The summed E-state index contributed by atoms with van der Waals surface area (Å²) in [5, 5.41) is 9.45. The average Bonchev–Trinajstić information content (AvgIpc) is 2.42. The predicted octanol–water partition coefficient (Wildman–Crippen LogP) is 4.90. The molecule has 1 aliphatic rings. The highest BCUT2D eigenvalue weighted by Crippen LogP contribution is 2.40. The molecule has 4 heteroatoms. The van der Waals surface area contributed by atoms with Crippen LogP contribution in [0.4, 0.5) is 4.39 Å². The maximum absolute atomic E-state index is 13.4. The Bertz CT molecular complexity index is 516. The first-order valence-corrected chi connectivity index (χ1v) is 8.34. The second kappa shape index (κ2) is 6.91. The van der Waals surface area contributed by atoms with E-state index in [4.69, 9.17) is 0 Å². The second-order valence-electron chi connectivity index (χ2n) is 6.46. The monoisotopic (exact) mass is 356 g/mol. The maximum atomic E-state index is 13.4. The summed E-state index contributed by atoms with van der Waals surface area (Å²) in [6.45, 7) is 4.39. The minimum absolute atomic E-state index is 0.0850.